The standard InChI is InChI=1S/C6H11N2.Y/c1-5-6(2)8(3)4-7-5;/h5-6H,1-3H3;/q-1;. The normalized spacial score (nSPS) is 36.3. The van der Waals surface area contributed by atoms with E-state index >= 15 is 0 Å². The molecule has 0 amide bonds. The molecule has 0 bridgehead atoms. The molecule has 0 aliphatic carbocycles. The van der Waals surface area contributed by atoms with Gasteiger partial charge in [-0.1, -0.05) is 20.5 Å². The third kappa shape index (κ3) is 2.26. The van der Waals surface area contributed by atoms with Gasteiger partial charge in [0.15, 0.2) is 0 Å². The van der Waals surface area contributed by atoms with E-state index in [4.69, 9.17) is 0 Å². The molecule has 2 nitrogen and oxygen atoms in total. The van der Waals surface area contributed by atoms with E-state index in [1.54, 1.807) is 0 Å². The largest absolute Gasteiger partial charge is 0.640 e. The first-order valence-corrected chi connectivity index (χ1v) is 2.90. The van der Waals surface area contributed by atoms with Gasteiger partial charge in [0.05, 0.1) is 0 Å². The number of hydrogen-bond donors (Lipinski definition) is 0. The van der Waals surface area contributed by atoms with Gasteiger partial charge in [-0.2, -0.15) is 0 Å². The SMILES string of the molecule is CC1[N-][C]N(C)C1C.[Y]. The van der Waals surface area contributed by atoms with Crippen LogP contribution in [0, 0.1) is 6.67 Å². The van der Waals surface area contributed by atoms with Crippen LogP contribution in [0.4, 0.5) is 0 Å². The molecule has 9 heavy (non-hydrogen) atoms. The second-order valence-electron chi connectivity index (χ2n) is 2.32. The molecule has 49 valence electrons. The fraction of sp³-hybridized carbons (Fsp3) is 0.833. The number of nitrogens with zero attached hydrogens (tertiary/aromatic N) is 2. The maximum absolute atomic E-state index is 4.07. The molecule has 3 radical (unpaired) electrons. The molecule has 0 N–H and O–H groups in total. The van der Waals surface area contributed by atoms with Crippen LogP contribution in [0.1, 0.15) is 13.8 Å². The van der Waals surface area contributed by atoms with E-state index in [0.717, 1.165) is 0 Å². The average Bonchev–Trinajstić information content (AvgIpc) is 1.98. The average molecular weight is 200 g/mol. The predicted molar refractivity (Wildman–Crippen MR) is 33.3 cm³/mol. The maximum atomic E-state index is 4.07. The van der Waals surface area contributed by atoms with Gasteiger partial charge in [-0.3, -0.25) is 0 Å². The molecule has 2 unspecified atom stereocenters. The van der Waals surface area contributed by atoms with Crippen molar-refractivity contribution < 1.29 is 32.7 Å². The summed E-state index contributed by atoms with van der Waals surface area (Å²) in [5.41, 5.74) is 0. The van der Waals surface area contributed by atoms with Crippen LogP contribution in [-0.2, 0) is 32.7 Å². The van der Waals surface area contributed by atoms with Gasteiger partial charge >= 0.3 is 0 Å². The van der Waals surface area contributed by atoms with Crippen LogP contribution >= 0.6 is 0 Å². The zero-order valence-corrected chi connectivity index (χ0v) is 8.96. The summed E-state index contributed by atoms with van der Waals surface area (Å²) in [4.78, 5) is 2.00. The van der Waals surface area contributed by atoms with E-state index in [1.807, 2.05) is 11.9 Å². The van der Waals surface area contributed by atoms with Crippen molar-refractivity contribution in [2.24, 2.45) is 0 Å². The predicted octanol–water partition coefficient (Wildman–Crippen LogP) is 1.08. The van der Waals surface area contributed by atoms with Gasteiger partial charge in [-0.25, -0.2) is 0 Å². The van der Waals surface area contributed by atoms with Crippen molar-refractivity contribution in [2.75, 3.05) is 7.05 Å². The van der Waals surface area contributed by atoms with Crippen molar-refractivity contribution in [2.45, 2.75) is 25.9 Å². The van der Waals surface area contributed by atoms with Gasteiger partial charge in [-0.15, -0.1) is 6.04 Å². The van der Waals surface area contributed by atoms with Gasteiger partial charge in [0.25, 0.3) is 0 Å². The molecular formula is C6H11N2Y-. The minimum absolute atomic E-state index is 0. The summed E-state index contributed by atoms with van der Waals surface area (Å²) in [6.45, 7) is 7.12. The summed E-state index contributed by atoms with van der Waals surface area (Å²) in [5.74, 6) is 0. The first-order valence-electron chi connectivity index (χ1n) is 2.90. The topological polar surface area (TPSA) is 17.3 Å². The fourth-order valence-corrected chi connectivity index (χ4v) is 0.705. The summed E-state index contributed by atoms with van der Waals surface area (Å²) >= 11 is 0. The Morgan fingerprint density at radius 2 is 2.00 bits per heavy atom. The van der Waals surface area contributed by atoms with Gasteiger partial charge in [0.1, 0.15) is 0 Å². The van der Waals surface area contributed by atoms with Crippen molar-refractivity contribution in [1.29, 1.82) is 0 Å². The zero-order valence-electron chi connectivity index (χ0n) is 6.13. The molecule has 1 saturated heterocycles. The smallest absolute Gasteiger partial charge is 0 e. The molecule has 1 fully saturated rings. The summed E-state index contributed by atoms with van der Waals surface area (Å²) in [6, 6.07) is 0.968. The van der Waals surface area contributed by atoms with E-state index in [-0.39, 0.29) is 32.7 Å². The fourth-order valence-electron chi connectivity index (χ4n) is 0.705. The third-order valence-corrected chi connectivity index (χ3v) is 1.73. The zero-order chi connectivity index (χ0) is 6.15. The van der Waals surface area contributed by atoms with Crippen LogP contribution < -0.4 is 0 Å². The quantitative estimate of drug-likeness (QED) is 0.571. The van der Waals surface area contributed by atoms with E-state index in [2.05, 4.69) is 25.8 Å². The van der Waals surface area contributed by atoms with Crippen LogP contribution in [0.5, 0.6) is 0 Å². The molecular weight excluding hydrogens is 189 g/mol. The molecule has 0 aromatic carbocycles. The summed E-state index contributed by atoms with van der Waals surface area (Å²) < 4.78 is 0. The molecule has 0 spiro atoms. The van der Waals surface area contributed by atoms with Crippen LogP contribution in [0.3, 0.4) is 0 Å². The molecule has 0 aromatic heterocycles. The molecule has 1 aliphatic rings. The second-order valence-corrected chi connectivity index (χ2v) is 2.32. The van der Waals surface area contributed by atoms with Crippen molar-refractivity contribution in [3.63, 3.8) is 0 Å². The minimum Gasteiger partial charge on any atom is -0.640 e. The van der Waals surface area contributed by atoms with Gasteiger partial charge in [0, 0.05) is 32.7 Å². The van der Waals surface area contributed by atoms with Gasteiger partial charge in [-0.05, 0) is 13.1 Å². The Kier molecular flexibility index (Phi) is 4.48. The molecule has 2 atom stereocenters. The third-order valence-electron chi connectivity index (χ3n) is 1.73. The van der Waals surface area contributed by atoms with Crippen LogP contribution in [0.2, 0.25) is 0 Å². The molecule has 1 rings (SSSR count). The van der Waals surface area contributed by atoms with E-state index in [1.165, 1.54) is 0 Å². The van der Waals surface area contributed by atoms with Gasteiger partial charge in [0.2, 0.25) is 0 Å². The van der Waals surface area contributed by atoms with Crippen molar-refractivity contribution in [1.82, 2.24) is 4.90 Å². The van der Waals surface area contributed by atoms with Crippen LogP contribution in [0.25, 0.3) is 5.32 Å². The summed E-state index contributed by atoms with van der Waals surface area (Å²) in [5, 5.41) is 4.07. The van der Waals surface area contributed by atoms with E-state index in [9.17, 15) is 0 Å². The minimum atomic E-state index is 0. The Labute approximate surface area is 82.3 Å². The Morgan fingerprint density at radius 3 is 2.11 bits per heavy atom. The molecule has 1 heterocycles. The number of likely N-dealkylation sites (N-methyl/N-ethyl adjacent to an activating group) is 1. The maximum Gasteiger partial charge on any atom is 0 e. The molecule has 0 aromatic rings. The van der Waals surface area contributed by atoms with Crippen LogP contribution in [0.15, 0.2) is 0 Å². The Bertz CT molecular complexity index is 77.1. The van der Waals surface area contributed by atoms with Gasteiger partial charge < -0.3 is 10.2 Å². The Hall–Kier alpha value is 1.02. The van der Waals surface area contributed by atoms with Crippen molar-refractivity contribution >= 4 is 0 Å². The van der Waals surface area contributed by atoms with E-state index in [0.29, 0.717) is 12.1 Å². The first-order chi connectivity index (χ1) is 3.72. The molecule has 0 saturated carbocycles. The number of hydrogen-bond acceptors (Lipinski definition) is 1. The van der Waals surface area contributed by atoms with Crippen LogP contribution in [-0.4, -0.2) is 24.0 Å². The molecule has 1 aliphatic heterocycles. The first kappa shape index (κ1) is 10.0. The van der Waals surface area contributed by atoms with Crippen molar-refractivity contribution in [3.8, 4) is 0 Å². The summed E-state index contributed by atoms with van der Waals surface area (Å²) in [7, 11) is 2.00. The summed E-state index contributed by atoms with van der Waals surface area (Å²) in [6.07, 6.45) is 0. The Balaban J connectivity index is 0.000000640. The number of rotatable bonds is 0. The van der Waals surface area contributed by atoms with E-state index < -0.39 is 0 Å². The Morgan fingerprint density at radius 1 is 1.44 bits per heavy atom. The second kappa shape index (κ2) is 4.02. The van der Waals surface area contributed by atoms with Crippen molar-refractivity contribution in [3.05, 3.63) is 12.0 Å². The monoisotopic (exact) mass is 200 g/mol. The molecule has 3 heteroatoms.